The smallest absolute Gasteiger partial charge is 0.336 e. The summed E-state index contributed by atoms with van der Waals surface area (Å²) in [6, 6.07) is 9.91. The maximum Gasteiger partial charge on any atom is 0.336 e. The first-order valence-corrected chi connectivity index (χ1v) is 9.08. The molecule has 1 aromatic heterocycles. The highest BCUT2D eigenvalue weighted by molar-refractivity contribution is 6.32. The number of aryl methyl sites for hydroxylation is 1. The fourth-order valence-corrected chi connectivity index (χ4v) is 2.92. The van der Waals surface area contributed by atoms with Crippen molar-refractivity contribution in [1.82, 2.24) is 0 Å². The molecule has 0 aliphatic carbocycles. The molecular formula is C22H19ClO6. The second kappa shape index (κ2) is 8.84. The Kier molecular flexibility index (Phi) is 6.24. The molecular weight excluding hydrogens is 396 g/mol. The van der Waals surface area contributed by atoms with Gasteiger partial charge in [-0.3, -0.25) is 0 Å². The molecule has 0 radical (unpaired) electrons. The first kappa shape index (κ1) is 20.5. The lowest BCUT2D eigenvalue weighted by atomic mass is 10.1. The Morgan fingerprint density at radius 2 is 1.76 bits per heavy atom. The Morgan fingerprint density at radius 1 is 1.07 bits per heavy atom. The first-order valence-electron chi connectivity index (χ1n) is 8.70. The van der Waals surface area contributed by atoms with Gasteiger partial charge < -0.3 is 18.6 Å². The minimum atomic E-state index is -0.564. The third kappa shape index (κ3) is 4.97. The van der Waals surface area contributed by atoms with Crippen LogP contribution in [0.25, 0.3) is 17.0 Å². The number of fused-ring (bicyclic) bond motifs is 1. The average molecular weight is 415 g/mol. The fraction of sp³-hybridized carbons (Fsp3) is 0.182. The maximum absolute atomic E-state index is 12.1. The van der Waals surface area contributed by atoms with Crippen LogP contribution in [0.4, 0.5) is 0 Å². The highest BCUT2D eigenvalue weighted by Gasteiger charge is 2.10. The van der Waals surface area contributed by atoms with Crippen molar-refractivity contribution in [3.8, 4) is 11.5 Å². The van der Waals surface area contributed by atoms with Crippen molar-refractivity contribution in [2.75, 3.05) is 14.2 Å². The third-order valence-corrected chi connectivity index (χ3v) is 4.67. The molecule has 3 aromatic rings. The highest BCUT2D eigenvalue weighted by atomic mass is 35.5. The maximum atomic E-state index is 12.1. The molecule has 6 nitrogen and oxygen atoms in total. The Bertz CT molecular complexity index is 1120. The zero-order chi connectivity index (χ0) is 21.0. The predicted octanol–water partition coefficient (Wildman–Crippen LogP) is 4.53. The molecule has 2 aromatic carbocycles. The molecule has 29 heavy (non-hydrogen) atoms. The van der Waals surface area contributed by atoms with E-state index in [4.69, 9.17) is 30.2 Å². The molecule has 0 fully saturated rings. The summed E-state index contributed by atoms with van der Waals surface area (Å²) in [7, 11) is 3.09. The standard InChI is InChI=1S/C22H19ClO6/c1-13-6-20-18(11-19(13)23)15(9-22(25)29-20)12-28-21(24)5-4-14-7-16(26-2)10-17(8-14)27-3/h4-11H,12H2,1-3H3/b5-4+. The van der Waals surface area contributed by atoms with Crippen molar-refractivity contribution in [1.29, 1.82) is 0 Å². The van der Waals surface area contributed by atoms with Crippen LogP contribution >= 0.6 is 11.6 Å². The molecule has 0 saturated heterocycles. The molecule has 0 aliphatic rings. The van der Waals surface area contributed by atoms with Crippen LogP contribution in [0.3, 0.4) is 0 Å². The van der Waals surface area contributed by atoms with Crippen molar-refractivity contribution >= 4 is 34.6 Å². The van der Waals surface area contributed by atoms with Crippen molar-refractivity contribution in [2.45, 2.75) is 13.5 Å². The van der Waals surface area contributed by atoms with Crippen LogP contribution in [0.2, 0.25) is 5.02 Å². The van der Waals surface area contributed by atoms with E-state index >= 15 is 0 Å². The van der Waals surface area contributed by atoms with E-state index in [9.17, 15) is 9.59 Å². The second-order valence-electron chi connectivity index (χ2n) is 6.28. The summed E-state index contributed by atoms with van der Waals surface area (Å²) in [4.78, 5) is 23.9. The number of carbonyl (C=O) groups is 1. The van der Waals surface area contributed by atoms with Gasteiger partial charge >= 0.3 is 11.6 Å². The summed E-state index contributed by atoms with van der Waals surface area (Å²) < 4.78 is 20.9. The van der Waals surface area contributed by atoms with E-state index in [1.54, 1.807) is 50.6 Å². The molecule has 0 amide bonds. The summed E-state index contributed by atoms with van der Waals surface area (Å²) in [5.41, 5.74) is 1.89. The van der Waals surface area contributed by atoms with Crippen LogP contribution in [0.15, 0.2) is 51.7 Å². The van der Waals surface area contributed by atoms with Gasteiger partial charge in [-0.25, -0.2) is 9.59 Å². The molecule has 7 heteroatoms. The molecule has 3 rings (SSSR count). The van der Waals surface area contributed by atoms with Gasteiger partial charge in [0.2, 0.25) is 0 Å². The van der Waals surface area contributed by atoms with Gasteiger partial charge in [0.25, 0.3) is 0 Å². The highest BCUT2D eigenvalue weighted by Crippen LogP contribution is 2.26. The van der Waals surface area contributed by atoms with Crippen molar-refractivity contribution in [2.24, 2.45) is 0 Å². The van der Waals surface area contributed by atoms with E-state index in [-0.39, 0.29) is 6.61 Å². The van der Waals surface area contributed by atoms with Gasteiger partial charge in [-0.15, -0.1) is 0 Å². The molecule has 0 unspecified atom stereocenters. The zero-order valence-corrected chi connectivity index (χ0v) is 16.9. The SMILES string of the molecule is COc1cc(/C=C/C(=O)OCc2cc(=O)oc3cc(C)c(Cl)cc23)cc(OC)c1. The number of benzene rings is 2. The summed E-state index contributed by atoms with van der Waals surface area (Å²) in [6.45, 7) is 1.72. The molecule has 0 saturated carbocycles. The molecule has 0 atom stereocenters. The van der Waals surface area contributed by atoms with E-state index < -0.39 is 11.6 Å². The largest absolute Gasteiger partial charge is 0.497 e. The Hall–Kier alpha value is -3.25. The summed E-state index contributed by atoms with van der Waals surface area (Å²) >= 11 is 6.17. The minimum Gasteiger partial charge on any atom is -0.497 e. The molecule has 0 spiro atoms. The fourth-order valence-electron chi connectivity index (χ4n) is 2.75. The minimum absolute atomic E-state index is 0.0912. The van der Waals surface area contributed by atoms with Crippen LogP contribution in [-0.4, -0.2) is 20.2 Å². The third-order valence-electron chi connectivity index (χ3n) is 4.26. The van der Waals surface area contributed by atoms with E-state index in [1.807, 2.05) is 6.92 Å². The number of hydrogen-bond donors (Lipinski definition) is 0. The number of halogens is 1. The van der Waals surface area contributed by atoms with Gasteiger partial charge in [-0.1, -0.05) is 11.6 Å². The van der Waals surface area contributed by atoms with Crippen molar-refractivity contribution in [3.63, 3.8) is 0 Å². The van der Waals surface area contributed by atoms with Gasteiger partial charge in [0, 0.05) is 34.2 Å². The average Bonchev–Trinajstić information content (AvgIpc) is 2.71. The lowest BCUT2D eigenvalue weighted by Crippen LogP contribution is -2.06. The molecule has 0 bridgehead atoms. The van der Waals surface area contributed by atoms with E-state index in [1.165, 1.54) is 12.1 Å². The van der Waals surface area contributed by atoms with Gasteiger partial charge in [-0.05, 0) is 48.4 Å². The first-order chi connectivity index (χ1) is 13.9. The predicted molar refractivity (Wildman–Crippen MR) is 111 cm³/mol. The van der Waals surface area contributed by atoms with E-state index in [0.29, 0.717) is 38.6 Å². The monoisotopic (exact) mass is 414 g/mol. The van der Waals surface area contributed by atoms with Crippen molar-refractivity contribution in [3.05, 3.63) is 74.6 Å². The Morgan fingerprint density at radius 3 is 2.41 bits per heavy atom. The molecule has 0 N–H and O–H groups in total. The van der Waals surface area contributed by atoms with E-state index in [0.717, 1.165) is 5.56 Å². The Labute approximate surface area is 172 Å². The van der Waals surface area contributed by atoms with Gasteiger partial charge in [0.15, 0.2) is 0 Å². The molecule has 150 valence electrons. The van der Waals surface area contributed by atoms with Crippen LogP contribution in [0, 0.1) is 6.92 Å². The van der Waals surface area contributed by atoms with E-state index in [2.05, 4.69) is 0 Å². The number of ether oxygens (including phenoxy) is 3. The summed E-state index contributed by atoms with van der Waals surface area (Å²) in [5, 5.41) is 1.15. The normalized spacial score (nSPS) is 11.0. The number of carbonyl (C=O) groups excluding carboxylic acids is 1. The number of hydrogen-bond acceptors (Lipinski definition) is 6. The van der Waals surface area contributed by atoms with Crippen LogP contribution in [0.1, 0.15) is 16.7 Å². The van der Waals surface area contributed by atoms with Gasteiger partial charge in [-0.2, -0.15) is 0 Å². The number of methoxy groups -OCH3 is 2. The topological polar surface area (TPSA) is 75.0 Å². The van der Waals surface area contributed by atoms with Gasteiger partial charge in [0.1, 0.15) is 23.7 Å². The van der Waals surface area contributed by atoms with Crippen molar-refractivity contribution < 1.29 is 23.4 Å². The quantitative estimate of drug-likeness (QED) is 0.335. The van der Waals surface area contributed by atoms with Crippen LogP contribution < -0.4 is 15.1 Å². The lowest BCUT2D eigenvalue weighted by molar-refractivity contribution is -0.138. The summed E-state index contributed by atoms with van der Waals surface area (Å²) in [6.07, 6.45) is 2.88. The summed E-state index contributed by atoms with van der Waals surface area (Å²) in [5.74, 6) is 0.644. The molecule has 1 heterocycles. The second-order valence-corrected chi connectivity index (χ2v) is 6.68. The number of esters is 1. The Balaban J connectivity index is 1.77. The lowest BCUT2D eigenvalue weighted by Gasteiger charge is -2.08. The van der Waals surface area contributed by atoms with Crippen LogP contribution in [0.5, 0.6) is 11.5 Å². The van der Waals surface area contributed by atoms with Crippen LogP contribution in [-0.2, 0) is 16.1 Å². The zero-order valence-electron chi connectivity index (χ0n) is 16.2. The van der Waals surface area contributed by atoms with Gasteiger partial charge in [0.05, 0.1) is 14.2 Å². The number of rotatable bonds is 6. The molecule has 0 aliphatic heterocycles.